The van der Waals surface area contributed by atoms with Crippen molar-refractivity contribution >= 4 is 0 Å². The largest absolute Gasteiger partial charge is 0.381 e. The minimum absolute atomic E-state index is 0.00390. The van der Waals surface area contributed by atoms with Gasteiger partial charge in [-0.05, 0) is 57.4 Å². The number of rotatable bonds is 4. The van der Waals surface area contributed by atoms with Crippen LogP contribution < -0.4 is 5.32 Å². The number of hydrogen-bond acceptors (Lipinski definition) is 2. The van der Waals surface area contributed by atoms with Gasteiger partial charge in [-0.2, -0.15) is 0 Å². The minimum atomic E-state index is -0.390. The molecule has 0 radical (unpaired) electrons. The third-order valence-corrected chi connectivity index (χ3v) is 3.75. The van der Waals surface area contributed by atoms with E-state index in [1.54, 1.807) is 0 Å². The first kappa shape index (κ1) is 15.4. The first-order valence-electron chi connectivity index (χ1n) is 7.06. The molecular formula is C16H23F2NO. The molecule has 0 spiro atoms. The summed E-state index contributed by atoms with van der Waals surface area (Å²) in [6.07, 6.45) is 1.37. The van der Waals surface area contributed by atoms with Crippen molar-refractivity contribution in [1.29, 1.82) is 0 Å². The van der Waals surface area contributed by atoms with Gasteiger partial charge in [0.05, 0.1) is 6.61 Å². The third kappa shape index (κ3) is 4.00. The van der Waals surface area contributed by atoms with E-state index in [-0.39, 0.29) is 22.6 Å². The fraction of sp³-hybridized carbons (Fsp3) is 0.625. The van der Waals surface area contributed by atoms with Gasteiger partial charge in [0.15, 0.2) is 0 Å². The molecule has 1 saturated heterocycles. The summed E-state index contributed by atoms with van der Waals surface area (Å²) in [6, 6.07) is 3.65. The van der Waals surface area contributed by atoms with Gasteiger partial charge in [0.2, 0.25) is 0 Å². The van der Waals surface area contributed by atoms with Crippen LogP contribution in [0.1, 0.15) is 32.8 Å². The van der Waals surface area contributed by atoms with Crippen molar-refractivity contribution in [1.82, 2.24) is 5.32 Å². The molecule has 1 heterocycles. The number of benzene rings is 1. The van der Waals surface area contributed by atoms with E-state index in [1.165, 1.54) is 12.1 Å². The van der Waals surface area contributed by atoms with E-state index in [0.717, 1.165) is 19.0 Å². The summed E-state index contributed by atoms with van der Waals surface area (Å²) in [4.78, 5) is 0. The molecule has 0 aliphatic carbocycles. The molecule has 0 bridgehead atoms. The van der Waals surface area contributed by atoms with Crippen molar-refractivity contribution in [3.63, 3.8) is 0 Å². The molecule has 1 unspecified atom stereocenters. The number of ether oxygens (including phenoxy) is 1. The molecule has 1 aromatic rings. The highest BCUT2D eigenvalue weighted by Gasteiger charge is 2.36. The molecule has 1 N–H and O–H groups in total. The Balaban J connectivity index is 2.14. The Morgan fingerprint density at radius 2 is 2.05 bits per heavy atom. The lowest BCUT2D eigenvalue weighted by Crippen LogP contribution is -2.45. The van der Waals surface area contributed by atoms with Gasteiger partial charge in [0, 0.05) is 24.1 Å². The molecule has 1 aliphatic heterocycles. The van der Waals surface area contributed by atoms with Gasteiger partial charge >= 0.3 is 0 Å². The Morgan fingerprint density at radius 1 is 1.30 bits per heavy atom. The summed E-state index contributed by atoms with van der Waals surface area (Å²) >= 11 is 0. The summed E-state index contributed by atoms with van der Waals surface area (Å²) in [6.45, 7) is 8.30. The third-order valence-electron chi connectivity index (χ3n) is 3.75. The second-order valence-corrected chi connectivity index (χ2v) is 6.82. The Labute approximate surface area is 119 Å². The van der Waals surface area contributed by atoms with Gasteiger partial charge in [0.1, 0.15) is 11.6 Å². The zero-order valence-electron chi connectivity index (χ0n) is 12.4. The molecule has 2 nitrogen and oxygen atoms in total. The first-order valence-corrected chi connectivity index (χ1v) is 7.06. The SMILES string of the molecule is CC(C)(C)NCC1(Cc2cc(F)ccc2F)CCOC1. The molecule has 2 rings (SSSR count). The van der Waals surface area contributed by atoms with E-state index in [1.807, 2.05) is 0 Å². The maximum Gasteiger partial charge on any atom is 0.126 e. The van der Waals surface area contributed by atoms with Gasteiger partial charge in [0.25, 0.3) is 0 Å². The van der Waals surface area contributed by atoms with Crippen molar-refractivity contribution in [3.05, 3.63) is 35.4 Å². The minimum Gasteiger partial charge on any atom is -0.381 e. The Kier molecular flexibility index (Phi) is 4.45. The number of hydrogen-bond donors (Lipinski definition) is 1. The molecule has 1 atom stereocenters. The second-order valence-electron chi connectivity index (χ2n) is 6.82. The summed E-state index contributed by atoms with van der Waals surface area (Å²) < 4.78 is 32.7. The zero-order valence-corrected chi connectivity index (χ0v) is 12.4. The van der Waals surface area contributed by atoms with Crippen molar-refractivity contribution in [2.45, 2.75) is 39.2 Å². The van der Waals surface area contributed by atoms with E-state index >= 15 is 0 Å². The fourth-order valence-electron chi connectivity index (χ4n) is 2.53. The molecule has 1 fully saturated rings. The predicted octanol–water partition coefficient (Wildman–Crippen LogP) is 3.30. The quantitative estimate of drug-likeness (QED) is 0.915. The van der Waals surface area contributed by atoms with Crippen molar-refractivity contribution in [3.8, 4) is 0 Å². The summed E-state index contributed by atoms with van der Waals surface area (Å²) in [5.74, 6) is -0.729. The average Bonchev–Trinajstić information content (AvgIpc) is 2.80. The highest BCUT2D eigenvalue weighted by Crippen LogP contribution is 2.33. The van der Waals surface area contributed by atoms with Crippen LogP contribution in [0.4, 0.5) is 8.78 Å². The fourth-order valence-corrected chi connectivity index (χ4v) is 2.53. The van der Waals surface area contributed by atoms with E-state index in [9.17, 15) is 8.78 Å². The average molecular weight is 283 g/mol. The van der Waals surface area contributed by atoms with Crippen LogP contribution in [0, 0.1) is 17.0 Å². The van der Waals surface area contributed by atoms with Crippen LogP contribution in [-0.2, 0) is 11.2 Å². The zero-order chi connectivity index (χ0) is 14.8. The van der Waals surface area contributed by atoms with E-state index in [0.29, 0.717) is 25.2 Å². The Morgan fingerprint density at radius 3 is 2.65 bits per heavy atom. The summed E-state index contributed by atoms with van der Waals surface area (Å²) in [5.41, 5.74) is 0.282. The van der Waals surface area contributed by atoms with E-state index in [2.05, 4.69) is 26.1 Å². The van der Waals surface area contributed by atoms with Crippen LogP contribution in [0.5, 0.6) is 0 Å². The lowest BCUT2D eigenvalue weighted by Gasteiger charge is -2.32. The lowest BCUT2D eigenvalue weighted by molar-refractivity contribution is 0.143. The molecule has 1 aromatic carbocycles. The molecule has 1 aliphatic rings. The van der Waals surface area contributed by atoms with Crippen molar-refractivity contribution in [2.24, 2.45) is 5.41 Å². The maximum absolute atomic E-state index is 13.8. The molecule has 4 heteroatoms. The van der Waals surface area contributed by atoms with Gasteiger partial charge < -0.3 is 10.1 Å². The number of nitrogens with one attached hydrogen (secondary N) is 1. The van der Waals surface area contributed by atoms with Gasteiger partial charge in [-0.25, -0.2) is 8.78 Å². The first-order chi connectivity index (χ1) is 9.30. The van der Waals surface area contributed by atoms with Crippen molar-refractivity contribution in [2.75, 3.05) is 19.8 Å². The standard InChI is InChI=1S/C16H23F2NO/c1-15(2,3)19-10-16(6-7-20-11-16)9-12-8-13(17)4-5-14(12)18/h4-5,8,19H,6-7,9-11H2,1-3H3. The predicted molar refractivity (Wildman–Crippen MR) is 75.7 cm³/mol. The van der Waals surface area contributed by atoms with Crippen LogP contribution in [-0.4, -0.2) is 25.3 Å². The van der Waals surface area contributed by atoms with Crippen molar-refractivity contribution < 1.29 is 13.5 Å². The molecule has 0 amide bonds. The lowest BCUT2D eigenvalue weighted by atomic mass is 9.80. The molecule has 112 valence electrons. The summed E-state index contributed by atoms with van der Waals surface area (Å²) in [5, 5.41) is 3.46. The van der Waals surface area contributed by atoms with Crippen LogP contribution >= 0.6 is 0 Å². The van der Waals surface area contributed by atoms with Gasteiger partial charge in [-0.3, -0.25) is 0 Å². The van der Waals surface area contributed by atoms with Gasteiger partial charge in [-0.15, -0.1) is 0 Å². The van der Waals surface area contributed by atoms with Crippen LogP contribution in [0.2, 0.25) is 0 Å². The Bertz CT molecular complexity index is 462. The maximum atomic E-state index is 13.8. The smallest absolute Gasteiger partial charge is 0.126 e. The highest BCUT2D eigenvalue weighted by atomic mass is 19.1. The second kappa shape index (κ2) is 5.78. The van der Waals surface area contributed by atoms with E-state index in [4.69, 9.17) is 4.74 Å². The molecule has 0 aromatic heterocycles. The summed E-state index contributed by atoms with van der Waals surface area (Å²) in [7, 11) is 0. The molecule has 20 heavy (non-hydrogen) atoms. The van der Waals surface area contributed by atoms with Gasteiger partial charge in [-0.1, -0.05) is 0 Å². The topological polar surface area (TPSA) is 21.3 Å². The Hall–Kier alpha value is -1.00. The van der Waals surface area contributed by atoms with Crippen LogP contribution in [0.25, 0.3) is 0 Å². The molecular weight excluding hydrogens is 260 g/mol. The van der Waals surface area contributed by atoms with Crippen LogP contribution in [0.3, 0.4) is 0 Å². The highest BCUT2D eigenvalue weighted by molar-refractivity contribution is 5.21. The monoisotopic (exact) mass is 283 g/mol. The van der Waals surface area contributed by atoms with E-state index < -0.39 is 0 Å². The normalized spacial score (nSPS) is 23.2. The number of halogens is 2. The molecule has 0 saturated carbocycles. The van der Waals surface area contributed by atoms with Crippen LogP contribution in [0.15, 0.2) is 18.2 Å².